The largest absolute Gasteiger partial charge is 0.401 e. The molecule has 12 heteroatoms. The zero-order valence-electron chi connectivity index (χ0n) is 74.7. The van der Waals surface area contributed by atoms with Crippen LogP contribution in [0.4, 0.5) is 0 Å². The molecule has 620 valence electrons. The predicted molar refractivity (Wildman–Crippen MR) is 518 cm³/mol. The lowest BCUT2D eigenvalue weighted by Crippen LogP contribution is -2.48. The van der Waals surface area contributed by atoms with Gasteiger partial charge in [-0.3, -0.25) is 0 Å². The lowest BCUT2D eigenvalue weighted by Gasteiger charge is -2.46. The first-order valence-corrected chi connectivity index (χ1v) is 60.3. The molecule has 0 atom stereocenters. The Kier molecular flexibility index (Phi) is 29.8. The molecule has 0 bridgehead atoms. The lowest BCUT2D eigenvalue weighted by atomic mass is 9.81. The van der Waals surface area contributed by atoms with E-state index in [0.29, 0.717) is 0 Å². The van der Waals surface area contributed by atoms with E-state index in [4.69, 9.17) is 39.4 Å². The molecule has 0 heterocycles. The molecule has 3 aliphatic carbocycles. The van der Waals surface area contributed by atoms with Gasteiger partial charge >= 0.3 is 0 Å². The summed E-state index contributed by atoms with van der Waals surface area (Å²) in [5.74, 6) is 5.64. The molecule has 8 aromatic rings. The minimum atomic E-state index is -2.23. The summed E-state index contributed by atoms with van der Waals surface area (Å²) in [6.07, 6.45) is 39.7. The highest BCUT2D eigenvalue weighted by Crippen LogP contribution is 2.52. The Balaban J connectivity index is 0.857. The third kappa shape index (κ3) is 18.4. The summed E-state index contributed by atoms with van der Waals surface area (Å²) in [6, 6.07) is 90.1. The van der Waals surface area contributed by atoms with Crippen LogP contribution in [-0.4, -0.2) is 49.9 Å². The van der Waals surface area contributed by atoms with E-state index < -0.39 is 83.5 Å². The molecular formula is C106H136O6Si6. The number of terminal acetylenes is 2. The maximum absolute atomic E-state index is 7.82. The molecule has 0 aliphatic heterocycles. The van der Waals surface area contributed by atoms with Gasteiger partial charge in [-0.1, -0.05) is 306 Å². The molecule has 8 aromatic carbocycles. The highest BCUT2D eigenvalue weighted by Gasteiger charge is 2.51. The van der Waals surface area contributed by atoms with Crippen LogP contribution in [0.2, 0.25) is 109 Å². The fourth-order valence-electron chi connectivity index (χ4n) is 18.7. The maximum atomic E-state index is 7.82. The van der Waals surface area contributed by atoms with E-state index >= 15 is 0 Å². The minimum absolute atomic E-state index is 0.738. The van der Waals surface area contributed by atoms with E-state index in [1.807, 2.05) is 24.3 Å². The van der Waals surface area contributed by atoms with Crippen molar-refractivity contribution in [3.63, 3.8) is 0 Å². The molecule has 0 unspecified atom stereocenters. The van der Waals surface area contributed by atoms with E-state index in [9.17, 15) is 0 Å². The summed E-state index contributed by atoms with van der Waals surface area (Å²) < 4.78 is 46.1. The Morgan fingerprint density at radius 1 is 0.178 bits per heavy atom. The van der Waals surface area contributed by atoms with Gasteiger partial charge in [0.05, 0.1) is 0 Å². The Hall–Kier alpha value is -7.62. The van der Waals surface area contributed by atoms with Gasteiger partial charge in [-0.05, 0) is 284 Å². The molecular weight excluding hydrogens is 1540 g/mol. The van der Waals surface area contributed by atoms with E-state index in [2.05, 4.69) is 379 Å². The molecule has 0 radical (unpaired) electrons. The van der Waals surface area contributed by atoms with Crippen LogP contribution < -0.4 is 0 Å². The van der Waals surface area contributed by atoms with Crippen molar-refractivity contribution < 1.29 is 26.6 Å². The van der Waals surface area contributed by atoms with Crippen molar-refractivity contribution in [3.8, 4) is 69.2 Å². The molecule has 6 nitrogen and oxygen atoms in total. The third-order valence-corrected chi connectivity index (χ3v) is 56.7. The van der Waals surface area contributed by atoms with Crippen molar-refractivity contribution in [2.24, 2.45) is 0 Å². The molecule has 0 N–H and O–H groups in total. The number of hydrogen-bond donors (Lipinski definition) is 0. The van der Waals surface area contributed by atoms with Crippen molar-refractivity contribution in [1.29, 1.82) is 0 Å². The Morgan fingerprint density at radius 2 is 0.280 bits per heavy atom. The second-order valence-corrected chi connectivity index (χ2v) is 61.9. The van der Waals surface area contributed by atoms with Crippen LogP contribution in [0.3, 0.4) is 0 Å². The van der Waals surface area contributed by atoms with Crippen molar-refractivity contribution in [2.75, 3.05) is 0 Å². The first-order chi connectivity index (χ1) is 56.9. The van der Waals surface area contributed by atoms with Gasteiger partial charge in [0, 0.05) is 11.1 Å². The van der Waals surface area contributed by atoms with Crippen molar-refractivity contribution >= 4 is 49.9 Å². The van der Waals surface area contributed by atoms with Crippen LogP contribution in [0.25, 0.3) is 44.5 Å². The van der Waals surface area contributed by atoms with Crippen LogP contribution in [0.5, 0.6) is 0 Å². The first-order valence-electron chi connectivity index (χ1n) is 45.2. The quantitative estimate of drug-likeness (QED) is 0.0217. The summed E-state index contributed by atoms with van der Waals surface area (Å²) >= 11 is 0. The van der Waals surface area contributed by atoms with E-state index in [0.717, 1.165) is 198 Å². The van der Waals surface area contributed by atoms with Crippen LogP contribution in [0, 0.1) is 24.7 Å². The second-order valence-electron chi connectivity index (χ2n) is 33.7. The van der Waals surface area contributed by atoms with E-state index in [1.165, 1.54) is 0 Å². The monoisotopic (exact) mass is 1670 g/mol. The molecule has 0 fully saturated rings. The fraction of sp³-hybridized carbons (Fsp3) is 0.396. The molecule has 0 saturated carbocycles. The predicted octanol–water partition coefficient (Wildman–Crippen LogP) is 30.1. The molecule has 118 heavy (non-hydrogen) atoms. The lowest BCUT2D eigenvalue weighted by molar-refractivity contribution is 0.121. The van der Waals surface area contributed by atoms with Gasteiger partial charge < -0.3 is 26.6 Å². The highest BCUT2D eigenvalue weighted by molar-refractivity contribution is 6.76. The van der Waals surface area contributed by atoms with E-state index in [1.54, 1.807) is 0 Å². The van der Waals surface area contributed by atoms with E-state index in [-0.39, 0.29) is 0 Å². The summed E-state index contributed by atoms with van der Waals surface area (Å²) in [6.45, 7) is 41.7. The Morgan fingerprint density at radius 3 is 0.381 bits per heavy atom. The molecule has 11 rings (SSSR count). The van der Waals surface area contributed by atoms with Gasteiger partial charge in [0.15, 0.2) is 49.9 Å². The van der Waals surface area contributed by atoms with Crippen LogP contribution >= 0.6 is 0 Å². The fourth-order valence-corrected chi connectivity index (χ4v) is 36.2. The second kappa shape index (κ2) is 38.6. The van der Waals surface area contributed by atoms with Crippen molar-refractivity contribution in [2.45, 2.75) is 267 Å². The zero-order valence-corrected chi connectivity index (χ0v) is 80.7. The van der Waals surface area contributed by atoms with Gasteiger partial charge in [0.2, 0.25) is 0 Å². The average molecular weight is 1670 g/mol. The van der Waals surface area contributed by atoms with Crippen molar-refractivity contribution in [1.82, 2.24) is 0 Å². The molecule has 0 amide bonds. The van der Waals surface area contributed by atoms with Crippen molar-refractivity contribution in [3.05, 3.63) is 312 Å². The maximum Gasteiger partial charge on any atom is 0.194 e. The Bertz CT molecular complexity index is 4480. The van der Waals surface area contributed by atoms with Crippen LogP contribution in [0.1, 0.15) is 169 Å². The van der Waals surface area contributed by atoms with Gasteiger partial charge in [-0.2, -0.15) is 0 Å². The zero-order chi connectivity index (χ0) is 84.7. The first kappa shape index (κ1) is 91.1. The Labute approximate surface area is 719 Å². The summed E-state index contributed by atoms with van der Waals surface area (Å²) in [4.78, 5) is 0. The number of hydrogen-bond acceptors (Lipinski definition) is 6. The van der Waals surface area contributed by atoms with Gasteiger partial charge in [-0.25, -0.2) is 0 Å². The van der Waals surface area contributed by atoms with Gasteiger partial charge in [-0.15, -0.1) is 12.8 Å². The molecule has 0 spiro atoms. The SMILES string of the molecule is C#Cc1ccc(C2(O[Si](CC)(CC)CC)C=CC(O[Si](CC)(CC)CC)(c3ccc(-c4ccc(-c5ccc(C6(O[Si](CC)(CC)CC)C=CC(O[Si](CC)(CC)CC)(c7ccc(-c8ccc(-c9ccc(C%10(O[Si](CC)(CC)CC)C=CC(O[Si](CC)(CC)CC)(c%11ccc(C#C)cc%11)C=C%10)cc9)cc8)cc7)C=C6)cc5)cc4)cc3)C=C2)cc1. The molecule has 3 aliphatic rings. The summed E-state index contributed by atoms with van der Waals surface area (Å²) in [5.41, 5.74) is 13.1. The minimum Gasteiger partial charge on any atom is -0.401 e. The van der Waals surface area contributed by atoms with Gasteiger partial charge in [0.25, 0.3) is 0 Å². The van der Waals surface area contributed by atoms with Crippen LogP contribution in [0.15, 0.2) is 267 Å². The topological polar surface area (TPSA) is 55.4 Å². The average Bonchev–Trinajstić information content (AvgIpc) is 0.750. The smallest absolute Gasteiger partial charge is 0.194 e. The molecule has 0 saturated heterocycles. The number of benzene rings is 8. The molecule has 0 aromatic heterocycles. The summed E-state index contributed by atoms with van der Waals surface area (Å²) in [5, 5.41) is 0. The third-order valence-electron chi connectivity index (χ3n) is 28.8. The highest BCUT2D eigenvalue weighted by atomic mass is 28.4. The normalized spacial score (nSPS) is 21.4. The van der Waals surface area contributed by atoms with Gasteiger partial charge in [0.1, 0.15) is 33.6 Å². The van der Waals surface area contributed by atoms with Crippen LogP contribution in [-0.2, 0) is 60.2 Å². The standard InChI is InChI=1S/C106H136O6Si6/c1-21-85-41-61-95(62-42-85)101(107-113(23-3,24-4)25-5)73-77-103(78-74-101,109-115(29-9,30-10)31-11)97-65-53-91(54-66-97)87-45-49-89(50-46-87)93-57-69-99(70-58-93)105(111-117(35-15,36-16)37-17)81-83-106(84-82-105,112-118(38-18,39-19)40-20)100-71-59-94(60-72-100)90-51-47-88(48-52-90)92-55-67-98(68-56-92)104(110-116(32-12,33-13)34-14)79-75-102(76-80-104,108-114(26-6,27-7)28-8)96-63-43-86(22-2)44-64-96/h1-2,41-84H,23-40H2,3-20H3. The summed E-state index contributed by atoms with van der Waals surface area (Å²) in [7, 11) is -13.0. The number of rotatable bonds is 40.